The highest BCUT2D eigenvalue weighted by atomic mass is 16.7. The average molecular weight is 217 g/mol. The van der Waals surface area contributed by atoms with Gasteiger partial charge >= 0.3 is 11.8 Å². The summed E-state index contributed by atoms with van der Waals surface area (Å²) in [5.74, 6) is -1.99. The molecule has 0 aliphatic carbocycles. The number of aromatic nitrogens is 2. The van der Waals surface area contributed by atoms with E-state index < -0.39 is 26.6 Å². The van der Waals surface area contributed by atoms with Crippen molar-refractivity contribution in [3.63, 3.8) is 0 Å². The fraction of sp³-hybridized carbons (Fsp3) is 0. The Morgan fingerprint density at radius 1 is 1.20 bits per heavy atom. The fourth-order valence-corrected chi connectivity index (χ4v) is 0.707. The number of imidazole rings is 1. The van der Waals surface area contributed by atoms with Crippen LogP contribution in [0.25, 0.3) is 5.53 Å². The van der Waals surface area contributed by atoms with Gasteiger partial charge < -0.3 is 35.9 Å². The van der Waals surface area contributed by atoms with Gasteiger partial charge in [-0.1, -0.05) is 0 Å². The lowest BCUT2D eigenvalue weighted by molar-refractivity contribution is -0.441. The van der Waals surface area contributed by atoms with Gasteiger partial charge in [0, 0.05) is 0 Å². The summed E-state index contributed by atoms with van der Waals surface area (Å²) in [6, 6.07) is 0. The summed E-state index contributed by atoms with van der Waals surface area (Å²) in [5, 5.41) is 29.1. The second-order valence-corrected chi connectivity index (χ2v) is 2.09. The zero-order valence-corrected chi connectivity index (χ0v) is 6.71. The molecule has 0 aliphatic rings. The summed E-state index contributed by atoms with van der Waals surface area (Å²) in [4.78, 5) is 31.1. The molecule has 1 rings (SSSR count). The van der Waals surface area contributed by atoms with Crippen molar-refractivity contribution in [1.82, 2.24) is 9.66 Å². The molecule has 0 aromatic carbocycles. The molecule has 0 N–H and O–H groups in total. The van der Waals surface area contributed by atoms with Crippen molar-refractivity contribution in [1.29, 1.82) is 0 Å². The first kappa shape index (κ1) is 10.3. The molecule has 0 unspecified atom stereocenters. The minimum absolute atomic E-state index is 0.109. The first-order valence-corrected chi connectivity index (χ1v) is 3.16. The smallest absolute Gasteiger partial charge is 0.390 e. The lowest BCUT2D eigenvalue weighted by Crippen LogP contribution is -2.03. The van der Waals surface area contributed by atoms with Crippen LogP contribution in [0.5, 0.6) is 0 Å². The molecule has 0 saturated carbocycles. The largest absolute Gasteiger partial charge is 0.430 e. The van der Waals surface area contributed by atoms with E-state index in [1.165, 1.54) is 0 Å². The van der Waals surface area contributed by atoms with Gasteiger partial charge in [-0.15, -0.1) is 5.03 Å². The van der Waals surface area contributed by atoms with Gasteiger partial charge in [0.05, 0.1) is 0 Å². The second kappa shape index (κ2) is 3.52. The Kier molecular flexibility index (Phi) is 2.42. The van der Waals surface area contributed by atoms with Gasteiger partial charge in [0.1, 0.15) is 6.20 Å². The standard InChI is InChI=1S/C3HN6O6/c10-7(11)2-1-6(5-9(14)15)3(4-2)8(12)13/h1H/q-1. The Balaban J connectivity index is 3.17. The molecular formula is C3HN6O6-. The maximum absolute atomic E-state index is 10.3. The first-order valence-electron chi connectivity index (χ1n) is 3.16. The van der Waals surface area contributed by atoms with Crippen molar-refractivity contribution in [2.45, 2.75) is 0 Å². The molecule has 0 saturated heterocycles. The number of hydrogen-bond donors (Lipinski definition) is 0. The Morgan fingerprint density at radius 3 is 2.20 bits per heavy atom. The van der Waals surface area contributed by atoms with Crippen LogP contribution in [-0.4, -0.2) is 24.5 Å². The highest BCUT2D eigenvalue weighted by Gasteiger charge is 2.19. The maximum atomic E-state index is 10.3. The van der Waals surface area contributed by atoms with Crippen LogP contribution in [0.3, 0.4) is 0 Å². The Bertz CT molecular complexity index is 436. The topological polar surface area (TPSA) is 161 Å². The highest BCUT2D eigenvalue weighted by Crippen LogP contribution is 2.18. The van der Waals surface area contributed by atoms with E-state index in [1.54, 1.807) is 0 Å². The van der Waals surface area contributed by atoms with Gasteiger partial charge in [0.15, 0.2) is 0 Å². The molecule has 1 heterocycles. The van der Waals surface area contributed by atoms with E-state index >= 15 is 0 Å². The monoisotopic (exact) mass is 217 g/mol. The van der Waals surface area contributed by atoms with Gasteiger partial charge in [-0.05, 0) is 14.8 Å². The molecule has 0 atom stereocenters. The molecule has 0 fully saturated rings. The van der Waals surface area contributed by atoms with Crippen LogP contribution in [0.2, 0.25) is 0 Å². The van der Waals surface area contributed by atoms with Gasteiger partial charge in [-0.3, -0.25) is 4.68 Å². The average Bonchev–Trinajstić information content (AvgIpc) is 2.46. The third-order valence-electron chi connectivity index (χ3n) is 1.18. The molecule has 0 amide bonds. The van der Waals surface area contributed by atoms with Crippen molar-refractivity contribution < 1.29 is 14.9 Å². The van der Waals surface area contributed by atoms with E-state index in [9.17, 15) is 30.3 Å². The van der Waals surface area contributed by atoms with E-state index in [-0.39, 0.29) is 4.68 Å². The lowest BCUT2D eigenvalue weighted by atomic mass is 10.8. The minimum Gasteiger partial charge on any atom is -0.390 e. The molecule has 1 aromatic rings. The van der Waals surface area contributed by atoms with Crippen LogP contribution < -0.4 is 0 Å². The van der Waals surface area contributed by atoms with E-state index in [4.69, 9.17) is 0 Å². The summed E-state index contributed by atoms with van der Waals surface area (Å²) < 4.78 is 0.109. The van der Waals surface area contributed by atoms with Crippen LogP contribution in [0.4, 0.5) is 11.8 Å². The third kappa shape index (κ3) is 2.11. The van der Waals surface area contributed by atoms with Crippen LogP contribution >= 0.6 is 0 Å². The molecule has 0 spiro atoms. The number of hydrogen-bond acceptors (Lipinski definition) is 7. The quantitative estimate of drug-likeness (QED) is 0.507. The second-order valence-electron chi connectivity index (χ2n) is 2.09. The third-order valence-corrected chi connectivity index (χ3v) is 1.18. The summed E-state index contributed by atoms with van der Waals surface area (Å²) >= 11 is 0. The van der Waals surface area contributed by atoms with Crippen molar-refractivity contribution in [3.05, 3.63) is 42.1 Å². The Hall–Kier alpha value is -2.79. The van der Waals surface area contributed by atoms with E-state index in [2.05, 4.69) is 10.5 Å². The van der Waals surface area contributed by atoms with Gasteiger partial charge in [0.2, 0.25) is 0 Å². The Labute approximate surface area is 79.5 Å². The highest BCUT2D eigenvalue weighted by molar-refractivity contribution is 5.25. The lowest BCUT2D eigenvalue weighted by Gasteiger charge is -2.12. The maximum Gasteiger partial charge on any atom is 0.430 e. The summed E-state index contributed by atoms with van der Waals surface area (Å²) in [5.41, 5.74) is 2.51. The van der Waals surface area contributed by atoms with Gasteiger partial charge in [-0.2, -0.15) is 0 Å². The summed E-state index contributed by atoms with van der Waals surface area (Å²) in [6.45, 7) is 0. The van der Waals surface area contributed by atoms with Crippen LogP contribution in [0, 0.1) is 30.3 Å². The molecule has 0 bridgehead atoms. The fourth-order valence-electron chi connectivity index (χ4n) is 0.707. The predicted octanol–water partition coefficient (Wildman–Crippen LogP) is 0.0280. The molecule has 1 aromatic heterocycles. The number of nitrogens with zero attached hydrogens (tertiary/aromatic N) is 6. The molecule has 12 heteroatoms. The Morgan fingerprint density at radius 2 is 1.80 bits per heavy atom. The van der Waals surface area contributed by atoms with Crippen LogP contribution in [0.15, 0.2) is 6.20 Å². The number of nitro groups is 3. The SMILES string of the molecule is O=[N+]([O-])[N-]n1cc([N+](=O)[O-])nc1[N+](=O)[O-]. The summed E-state index contributed by atoms with van der Waals surface area (Å²) in [7, 11) is 0. The van der Waals surface area contributed by atoms with Crippen molar-refractivity contribution in [2.75, 3.05) is 0 Å². The van der Waals surface area contributed by atoms with Gasteiger partial charge in [0.25, 0.3) is 0 Å². The molecule has 0 radical (unpaired) electrons. The number of rotatable bonds is 4. The zero-order chi connectivity index (χ0) is 11.6. The van der Waals surface area contributed by atoms with E-state index in [0.29, 0.717) is 6.20 Å². The zero-order valence-electron chi connectivity index (χ0n) is 6.71. The van der Waals surface area contributed by atoms with E-state index in [1.807, 2.05) is 0 Å². The molecule has 80 valence electrons. The molecule has 0 aliphatic heterocycles. The molecular weight excluding hydrogens is 216 g/mol. The van der Waals surface area contributed by atoms with Crippen LogP contribution in [0.1, 0.15) is 0 Å². The normalized spacial score (nSPS) is 9.60. The van der Waals surface area contributed by atoms with E-state index in [0.717, 1.165) is 0 Å². The van der Waals surface area contributed by atoms with Gasteiger partial charge in [-0.25, -0.2) is 0 Å². The molecule has 12 nitrogen and oxygen atoms in total. The first-order chi connectivity index (χ1) is 6.91. The van der Waals surface area contributed by atoms with Crippen molar-refractivity contribution >= 4 is 11.8 Å². The van der Waals surface area contributed by atoms with Crippen molar-refractivity contribution in [3.8, 4) is 0 Å². The summed E-state index contributed by atoms with van der Waals surface area (Å²) in [6.07, 6.45) is 0.473. The van der Waals surface area contributed by atoms with Crippen molar-refractivity contribution in [2.24, 2.45) is 0 Å². The minimum atomic E-state index is -1.24. The molecule has 15 heavy (non-hydrogen) atoms. The predicted molar refractivity (Wildman–Crippen MR) is 41.3 cm³/mol. The van der Waals surface area contributed by atoms with Crippen LogP contribution in [-0.2, 0) is 0 Å².